The van der Waals surface area contributed by atoms with Gasteiger partial charge in [0.1, 0.15) is 15.8 Å². The molecule has 1 aliphatic rings. The van der Waals surface area contributed by atoms with Gasteiger partial charge in [-0.3, -0.25) is 14.5 Å². The van der Waals surface area contributed by atoms with Crippen molar-refractivity contribution in [1.82, 2.24) is 0 Å². The van der Waals surface area contributed by atoms with E-state index in [1.807, 2.05) is 6.92 Å². The van der Waals surface area contributed by atoms with E-state index in [0.717, 1.165) is 11.1 Å². The molecule has 222 valence electrons. The van der Waals surface area contributed by atoms with Crippen LogP contribution in [0.2, 0.25) is 10.0 Å². The molecule has 0 aliphatic heterocycles. The topological polar surface area (TPSA) is 75.7 Å². The third-order valence-electron chi connectivity index (χ3n) is 6.90. The maximum atomic E-state index is 13.6. The molecule has 42 heavy (non-hydrogen) atoms. The number of nitrogens with one attached hydrogen (secondary N) is 1. The van der Waals surface area contributed by atoms with Gasteiger partial charge < -0.3 is 10.1 Å². The van der Waals surface area contributed by atoms with Gasteiger partial charge in [-0.25, -0.2) is 9.18 Å². The minimum absolute atomic E-state index is 0.0435. The monoisotopic (exact) mass is 652 g/mol. The van der Waals surface area contributed by atoms with Gasteiger partial charge in [-0.1, -0.05) is 35.3 Å². The van der Waals surface area contributed by atoms with Crippen molar-refractivity contribution in [2.24, 2.45) is 5.92 Å². The van der Waals surface area contributed by atoms with Crippen LogP contribution >= 0.6 is 46.4 Å². The summed E-state index contributed by atoms with van der Waals surface area (Å²) in [6.07, 6.45) is -0.446. The van der Waals surface area contributed by atoms with Crippen LogP contribution in [0.5, 0.6) is 0 Å². The third-order valence-corrected chi connectivity index (χ3v) is 8.46. The second-order valence-electron chi connectivity index (χ2n) is 11.2. The molecule has 1 N–H and O–H groups in total. The fraction of sp³-hybridized carbons (Fsp3) is 0.323. The molecule has 6 nitrogen and oxygen atoms in total. The molecule has 11 heteroatoms. The summed E-state index contributed by atoms with van der Waals surface area (Å²) in [5.74, 6) is -2.73. The lowest BCUT2D eigenvalue weighted by Crippen LogP contribution is -2.34. The van der Waals surface area contributed by atoms with Gasteiger partial charge >= 0.3 is 6.09 Å². The summed E-state index contributed by atoms with van der Waals surface area (Å²) in [5, 5.41) is 2.89. The van der Waals surface area contributed by atoms with Crippen LogP contribution in [0.15, 0.2) is 54.6 Å². The highest BCUT2D eigenvalue weighted by molar-refractivity contribution is 6.53. The highest BCUT2D eigenvalue weighted by Crippen LogP contribution is 2.65. The summed E-state index contributed by atoms with van der Waals surface area (Å²) >= 11 is 25.1. The zero-order valence-electron chi connectivity index (χ0n) is 23.5. The van der Waals surface area contributed by atoms with E-state index in [0.29, 0.717) is 16.9 Å². The summed E-state index contributed by atoms with van der Waals surface area (Å²) in [7, 11) is 1.62. The minimum atomic E-state index is -1.41. The highest BCUT2D eigenvalue weighted by atomic mass is 35.5. The number of hydrogen-bond donors (Lipinski definition) is 1. The van der Waals surface area contributed by atoms with Crippen LogP contribution in [0.4, 0.5) is 20.6 Å². The zero-order valence-corrected chi connectivity index (χ0v) is 26.6. The number of carbonyl (C=O) groups excluding carboxylic acids is 3. The first-order valence-corrected chi connectivity index (χ1v) is 14.5. The smallest absolute Gasteiger partial charge is 0.414 e. The molecule has 0 spiro atoms. The quantitative estimate of drug-likeness (QED) is 0.204. The van der Waals surface area contributed by atoms with Gasteiger partial charge in [0, 0.05) is 36.3 Å². The molecule has 0 bridgehead atoms. The first kappa shape index (κ1) is 32.1. The predicted octanol–water partition coefficient (Wildman–Crippen LogP) is 8.76. The first-order chi connectivity index (χ1) is 19.5. The van der Waals surface area contributed by atoms with Crippen molar-refractivity contribution in [2.45, 2.75) is 50.0 Å². The van der Waals surface area contributed by atoms with Crippen molar-refractivity contribution < 1.29 is 23.5 Å². The average Bonchev–Trinajstić information content (AvgIpc) is 3.48. The van der Waals surface area contributed by atoms with Crippen molar-refractivity contribution in [3.05, 3.63) is 92.7 Å². The van der Waals surface area contributed by atoms with E-state index < -0.39 is 39.6 Å². The van der Waals surface area contributed by atoms with E-state index in [4.69, 9.17) is 51.1 Å². The number of rotatable bonds is 7. The number of hydrogen-bond acceptors (Lipinski definition) is 4. The van der Waals surface area contributed by atoms with Crippen LogP contribution in [-0.4, -0.2) is 34.8 Å². The molecule has 0 heterocycles. The van der Waals surface area contributed by atoms with E-state index in [-0.39, 0.29) is 27.8 Å². The van der Waals surface area contributed by atoms with Crippen molar-refractivity contribution in [1.29, 1.82) is 0 Å². The lowest BCUT2D eigenvalue weighted by Gasteiger charge is -2.25. The van der Waals surface area contributed by atoms with E-state index >= 15 is 0 Å². The van der Waals surface area contributed by atoms with E-state index in [9.17, 15) is 18.8 Å². The van der Waals surface area contributed by atoms with Gasteiger partial charge in [0.25, 0.3) is 0 Å². The van der Waals surface area contributed by atoms with Crippen molar-refractivity contribution in [2.75, 3.05) is 17.3 Å². The molecule has 3 aromatic rings. The number of anilines is 2. The number of carbonyl (C=O) groups is 3. The van der Waals surface area contributed by atoms with Crippen molar-refractivity contribution >= 4 is 75.6 Å². The SMILES string of the molecule is Cc1cc(N(C)C(=O)OC(C)(C)C)ccc1CC(=O)c1cc(NC(=O)C2C(c3ccc(F)c(Cl)c3)C2(Cl)Cl)ccc1Cl. The Morgan fingerprint density at radius 3 is 2.31 bits per heavy atom. The van der Waals surface area contributed by atoms with Gasteiger partial charge in [-0.15, -0.1) is 23.2 Å². The summed E-state index contributed by atoms with van der Waals surface area (Å²) in [6.45, 7) is 7.22. The molecule has 2 amide bonds. The Morgan fingerprint density at radius 2 is 1.69 bits per heavy atom. The van der Waals surface area contributed by atoms with Crippen molar-refractivity contribution in [3.8, 4) is 0 Å². The second kappa shape index (κ2) is 12.0. The molecule has 1 fully saturated rings. The lowest BCUT2D eigenvalue weighted by molar-refractivity contribution is -0.117. The molecule has 0 aromatic heterocycles. The summed E-state index contributed by atoms with van der Waals surface area (Å²) in [6, 6.07) is 14.0. The van der Waals surface area contributed by atoms with Gasteiger partial charge in [0.2, 0.25) is 5.91 Å². The third kappa shape index (κ3) is 7.03. The molecule has 4 rings (SSSR count). The van der Waals surface area contributed by atoms with Crippen molar-refractivity contribution in [3.63, 3.8) is 0 Å². The number of ketones is 1. The standard InChI is InChI=1S/C31H29Cl4FN2O4/c1-16-12-20(38(5)29(41)42-30(2,3)4)9-6-17(16)14-25(39)21-15-19(8-10-22(21)32)37-28(40)27-26(31(27,34)35)18-7-11-24(36)23(33)13-18/h6-13,15,26-27H,14H2,1-5H3,(H,37,40). The number of alkyl halides is 2. The molecule has 2 unspecified atom stereocenters. The number of nitrogens with zero attached hydrogens (tertiary/aromatic N) is 1. The number of aryl methyl sites for hydroxylation is 1. The zero-order chi connectivity index (χ0) is 31.1. The normalized spacial score (nSPS) is 17.4. The molecule has 0 radical (unpaired) electrons. The number of halogens is 5. The fourth-order valence-corrected chi connectivity index (χ4v) is 5.84. The maximum absolute atomic E-state index is 13.6. The Hall–Kier alpha value is -2.84. The molecule has 2 atom stereocenters. The first-order valence-electron chi connectivity index (χ1n) is 13.0. The number of amides is 2. The lowest BCUT2D eigenvalue weighted by atomic mass is 9.98. The Bertz CT molecular complexity index is 1570. The van der Waals surface area contributed by atoms with E-state index in [1.54, 1.807) is 52.1 Å². The largest absolute Gasteiger partial charge is 0.443 e. The van der Waals surface area contributed by atoms with Crippen LogP contribution in [0.3, 0.4) is 0 Å². The van der Waals surface area contributed by atoms with E-state index in [2.05, 4.69) is 5.32 Å². The van der Waals surface area contributed by atoms with Crippen LogP contribution in [-0.2, 0) is 16.0 Å². The summed E-state index contributed by atoms with van der Waals surface area (Å²) in [4.78, 5) is 40.2. The van der Waals surface area contributed by atoms with E-state index in [1.165, 1.54) is 35.2 Å². The molecule has 3 aromatic carbocycles. The summed E-state index contributed by atoms with van der Waals surface area (Å²) < 4.78 is 17.6. The van der Waals surface area contributed by atoms with Crippen LogP contribution in [0.1, 0.15) is 53.7 Å². The molecular weight excluding hydrogens is 625 g/mol. The maximum Gasteiger partial charge on any atom is 0.414 e. The Balaban J connectivity index is 1.46. The molecule has 0 saturated heterocycles. The summed E-state index contributed by atoms with van der Waals surface area (Å²) in [5.41, 5.74) is 2.65. The fourth-order valence-electron chi connectivity index (χ4n) is 4.60. The highest BCUT2D eigenvalue weighted by Gasteiger charge is 2.67. The van der Waals surface area contributed by atoms with Crippen LogP contribution in [0, 0.1) is 18.7 Å². The number of benzene rings is 3. The average molecular weight is 654 g/mol. The predicted molar refractivity (Wildman–Crippen MR) is 166 cm³/mol. The Morgan fingerprint density at radius 1 is 1.00 bits per heavy atom. The van der Waals surface area contributed by atoms with Crippen LogP contribution in [0.25, 0.3) is 0 Å². The molecule has 1 aliphatic carbocycles. The van der Waals surface area contributed by atoms with Gasteiger partial charge in [0.15, 0.2) is 5.78 Å². The van der Waals surface area contributed by atoms with Crippen LogP contribution < -0.4 is 10.2 Å². The van der Waals surface area contributed by atoms with Gasteiger partial charge in [0.05, 0.1) is 16.0 Å². The Kier molecular flexibility index (Phi) is 9.20. The molecular formula is C31H29Cl4FN2O4. The second-order valence-corrected chi connectivity index (χ2v) is 13.5. The molecule has 1 saturated carbocycles. The van der Waals surface area contributed by atoms with Gasteiger partial charge in [-0.05, 0) is 86.8 Å². The number of Topliss-reactive ketones (excluding diaryl/α,β-unsaturated/α-hetero) is 1. The minimum Gasteiger partial charge on any atom is -0.443 e. The Labute approximate surface area is 264 Å². The number of ether oxygens (including phenoxy) is 1. The van der Waals surface area contributed by atoms with Gasteiger partial charge in [-0.2, -0.15) is 0 Å².